The third kappa shape index (κ3) is 2.24. The monoisotopic (exact) mass is 273 g/mol. The van der Waals surface area contributed by atoms with E-state index in [1.54, 1.807) is 7.11 Å². The summed E-state index contributed by atoms with van der Waals surface area (Å²) in [5.41, 5.74) is 4.08. The highest BCUT2D eigenvalue weighted by molar-refractivity contribution is 5.43. The van der Waals surface area contributed by atoms with Gasteiger partial charge in [0, 0.05) is 6.04 Å². The standard InChI is InChI=1S/C18H27NO/c1-11-10-16(20-4)12(2)9-15(11)18(19-3)17-13-7-5-6-8-14(13)17/h9-10,13-14,17-19H,5-8H2,1-4H3. The first-order valence-electron chi connectivity index (χ1n) is 7.99. The Bertz CT molecular complexity index is 484. The van der Waals surface area contributed by atoms with Crippen LogP contribution in [0.25, 0.3) is 0 Å². The van der Waals surface area contributed by atoms with Crippen LogP contribution in [0.2, 0.25) is 0 Å². The minimum absolute atomic E-state index is 0.521. The van der Waals surface area contributed by atoms with Crippen LogP contribution in [0.5, 0.6) is 5.75 Å². The molecule has 0 radical (unpaired) electrons. The average Bonchev–Trinajstić information content (AvgIpc) is 3.17. The van der Waals surface area contributed by atoms with Gasteiger partial charge in [-0.25, -0.2) is 0 Å². The van der Waals surface area contributed by atoms with Crippen LogP contribution >= 0.6 is 0 Å². The van der Waals surface area contributed by atoms with Gasteiger partial charge in [-0.2, -0.15) is 0 Å². The van der Waals surface area contributed by atoms with Crippen LogP contribution in [-0.4, -0.2) is 14.2 Å². The predicted molar refractivity (Wildman–Crippen MR) is 83.2 cm³/mol. The zero-order chi connectivity index (χ0) is 14.3. The number of nitrogens with one attached hydrogen (secondary N) is 1. The van der Waals surface area contributed by atoms with E-state index >= 15 is 0 Å². The van der Waals surface area contributed by atoms with Crippen LogP contribution in [0.15, 0.2) is 12.1 Å². The van der Waals surface area contributed by atoms with Crippen LogP contribution in [0.1, 0.15) is 48.4 Å². The minimum atomic E-state index is 0.521. The molecule has 0 aliphatic heterocycles. The van der Waals surface area contributed by atoms with Gasteiger partial charge in [0.05, 0.1) is 7.11 Å². The summed E-state index contributed by atoms with van der Waals surface area (Å²) in [4.78, 5) is 0. The van der Waals surface area contributed by atoms with Crippen molar-refractivity contribution < 1.29 is 4.74 Å². The van der Waals surface area contributed by atoms with Gasteiger partial charge in [-0.05, 0) is 74.2 Å². The molecule has 1 N–H and O–H groups in total. The maximum atomic E-state index is 5.44. The molecule has 0 spiro atoms. The Hall–Kier alpha value is -1.02. The summed E-state index contributed by atoms with van der Waals surface area (Å²) in [5, 5.41) is 3.60. The molecular weight excluding hydrogens is 246 g/mol. The second kappa shape index (κ2) is 5.40. The lowest BCUT2D eigenvalue weighted by Gasteiger charge is -2.21. The van der Waals surface area contributed by atoms with Crippen LogP contribution in [0, 0.1) is 31.6 Å². The SMILES string of the molecule is CNC(c1cc(C)c(OC)cc1C)C1C2CCCCC21. The number of hydrogen-bond acceptors (Lipinski definition) is 2. The molecule has 110 valence electrons. The number of methoxy groups -OCH3 is 1. The summed E-state index contributed by atoms with van der Waals surface area (Å²) in [6.07, 6.45) is 5.77. The molecule has 3 atom stereocenters. The maximum absolute atomic E-state index is 5.44. The molecule has 2 nitrogen and oxygen atoms in total. The van der Waals surface area contributed by atoms with E-state index in [4.69, 9.17) is 4.74 Å². The number of hydrogen-bond donors (Lipinski definition) is 1. The number of aryl methyl sites for hydroxylation is 2. The first kappa shape index (κ1) is 13.9. The van der Waals surface area contributed by atoms with Gasteiger partial charge in [0.2, 0.25) is 0 Å². The Kier molecular flexibility index (Phi) is 3.76. The maximum Gasteiger partial charge on any atom is 0.122 e. The van der Waals surface area contributed by atoms with E-state index in [1.807, 2.05) is 0 Å². The smallest absolute Gasteiger partial charge is 0.122 e. The van der Waals surface area contributed by atoms with Crippen LogP contribution in [0.4, 0.5) is 0 Å². The topological polar surface area (TPSA) is 21.3 Å². The van der Waals surface area contributed by atoms with Gasteiger partial charge in [-0.1, -0.05) is 18.9 Å². The molecule has 3 unspecified atom stereocenters. The van der Waals surface area contributed by atoms with Gasteiger partial charge in [0.25, 0.3) is 0 Å². The molecule has 3 rings (SSSR count). The Balaban J connectivity index is 1.88. The lowest BCUT2D eigenvalue weighted by atomic mass is 9.93. The van der Waals surface area contributed by atoms with Gasteiger partial charge in [-0.15, -0.1) is 0 Å². The zero-order valence-corrected chi connectivity index (χ0v) is 13.2. The van der Waals surface area contributed by atoms with Crippen molar-refractivity contribution in [3.8, 4) is 5.75 Å². The Morgan fingerprint density at radius 2 is 1.75 bits per heavy atom. The molecule has 2 aliphatic carbocycles. The van der Waals surface area contributed by atoms with Crippen LogP contribution < -0.4 is 10.1 Å². The van der Waals surface area contributed by atoms with Gasteiger partial charge >= 0.3 is 0 Å². The molecule has 1 aromatic rings. The van der Waals surface area contributed by atoms with Crippen molar-refractivity contribution in [3.63, 3.8) is 0 Å². The molecule has 2 heteroatoms. The van der Waals surface area contributed by atoms with Gasteiger partial charge in [0.15, 0.2) is 0 Å². The first-order valence-corrected chi connectivity index (χ1v) is 7.99. The Morgan fingerprint density at radius 1 is 1.10 bits per heavy atom. The molecule has 0 bridgehead atoms. The summed E-state index contributed by atoms with van der Waals surface area (Å²) in [5.74, 6) is 3.81. The molecule has 2 saturated carbocycles. The fourth-order valence-electron chi connectivity index (χ4n) is 4.46. The fraction of sp³-hybridized carbons (Fsp3) is 0.667. The number of benzene rings is 1. The average molecular weight is 273 g/mol. The molecule has 20 heavy (non-hydrogen) atoms. The van der Waals surface area contributed by atoms with Crippen molar-refractivity contribution in [2.75, 3.05) is 14.2 Å². The van der Waals surface area contributed by atoms with Gasteiger partial charge < -0.3 is 10.1 Å². The third-order valence-electron chi connectivity index (χ3n) is 5.54. The Labute approximate surface area is 122 Å². The molecule has 2 aliphatic rings. The van der Waals surface area contributed by atoms with E-state index in [0.717, 1.165) is 23.5 Å². The quantitative estimate of drug-likeness (QED) is 0.895. The van der Waals surface area contributed by atoms with E-state index in [1.165, 1.54) is 42.4 Å². The second-order valence-electron chi connectivity index (χ2n) is 6.63. The van der Waals surface area contributed by atoms with Crippen LogP contribution in [-0.2, 0) is 0 Å². The van der Waals surface area contributed by atoms with Crippen molar-refractivity contribution in [1.29, 1.82) is 0 Å². The van der Waals surface area contributed by atoms with Crippen LogP contribution in [0.3, 0.4) is 0 Å². The second-order valence-corrected chi connectivity index (χ2v) is 6.63. The highest BCUT2D eigenvalue weighted by Gasteiger charge is 2.54. The van der Waals surface area contributed by atoms with Gasteiger partial charge in [-0.3, -0.25) is 0 Å². The normalized spacial score (nSPS) is 29.7. The number of ether oxygens (including phenoxy) is 1. The highest BCUT2D eigenvalue weighted by Crippen LogP contribution is 2.60. The highest BCUT2D eigenvalue weighted by atomic mass is 16.5. The largest absolute Gasteiger partial charge is 0.496 e. The van der Waals surface area contributed by atoms with E-state index in [0.29, 0.717) is 6.04 Å². The van der Waals surface area contributed by atoms with E-state index in [2.05, 4.69) is 38.3 Å². The lowest BCUT2D eigenvalue weighted by Crippen LogP contribution is -2.21. The first-order chi connectivity index (χ1) is 9.67. The van der Waals surface area contributed by atoms with E-state index in [-0.39, 0.29) is 0 Å². The molecule has 0 heterocycles. The fourth-order valence-corrected chi connectivity index (χ4v) is 4.46. The van der Waals surface area contributed by atoms with E-state index in [9.17, 15) is 0 Å². The minimum Gasteiger partial charge on any atom is -0.496 e. The van der Waals surface area contributed by atoms with Crippen molar-refractivity contribution >= 4 is 0 Å². The zero-order valence-electron chi connectivity index (χ0n) is 13.2. The summed E-state index contributed by atoms with van der Waals surface area (Å²) < 4.78 is 5.44. The van der Waals surface area contributed by atoms with Gasteiger partial charge in [0.1, 0.15) is 5.75 Å². The summed E-state index contributed by atoms with van der Waals surface area (Å²) in [6.45, 7) is 4.36. The Morgan fingerprint density at radius 3 is 2.30 bits per heavy atom. The molecule has 0 amide bonds. The summed E-state index contributed by atoms with van der Waals surface area (Å²) in [6, 6.07) is 5.05. The van der Waals surface area contributed by atoms with E-state index < -0.39 is 0 Å². The number of fused-ring (bicyclic) bond motifs is 1. The van der Waals surface area contributed by atoms with Crippen molar-refractivity contribution in [1.82, 2.24) is 5.32 Å². The summed E-state index contributed by atoms with van der Waals surface area (Å²) >= 11 is 0. The molecule has 1 aromatic carbocycles. The van der Waals surface area contributed by atoms with Crippen molar-refractivity contribution in [3.05, 3.63) is 28.8 Å². The van der Waals surface area contributed by atoms with Crippen molar-refractivity contribution in [2.24, 2.45) is 17.8 Å². The lowest BCUT2D eigenvalue weighted by molar-refractivity contribution is 0.410. The number of rotatable bonds is 4. The molecule has 0 aromatic heterocycles. The third-order valence-corrected chi connectivity index (χ3v) is 5.54. The predicted octanol–water partition coefficient (Wildman–Crippen LogP) is 4.01. The molecule has 0 saturated heterocycles. The molecular formula is C18H27NO. The molecule has 2 fully saturated rings. The summed E-state index contributed by atoms with van der Waals surface area (Å²) in [7, 11) is 3.88. The van der Waals surface area contributed by atoms with Crippen molar-refractivity contribution in [2.45, 2.75) is 45.6 Å².